The van der Waals surface area contributed by atoms with Crippen LogP contribution in [0.1, 0.15) is 42.7 Å². The van der Waals surface area contributed by atoms with Crippen molar-refractivity contribution in [3.63, 3.8) is 0 Å². The lowest BCUT2D eigenvalue weighted by Crippen LogP contribution is -2.39. The first-order valence-corrected chi connectivity index (χ1v) is 7.86. The maximum Gasteiger partial charge on any atom is 0.239 e. The van der Waals surface area contributed by atoms with Crippen molar-refractivity contribution >= 4 is 11.8 Å². The fraction of sp³-hybridized carbons (Fsp3) is 0.529. The van der Waals surface area contributed by atoms with E-state index in [-0.39, 0.29) is 24.3 Å². The van der Waals surface area contributed by atoms with Crippen LogP contribution in [0.4, 0.5) is 0 Å². The molecule has 21 heavy (non-hydrogen) atoms. The molecule has 2 aliphatic carbocycles. The van der Waals surface area contributed by atoms with Gasteiger partial charge in [0.2, 0.25) is 11.8 Å². The molecular formula is C17H22N2O2. The molecule has 3 rings (SSSR count). The van der Waals surface area contributed by atoms with Crippen LogP contribution < -0.4 is 10.6 Å². The van der Waals surface area contributed by atoms with E-state index in [0.717, 1.165) is 25.7 Å². The number of amides is 2. The van der Waals surface area contributed by atoms with E-state index in [2.05, 4.69) is 34.9 Å². The lowest BCUT2D eigenvalue weighted by molar-refractivity contribution is -0.126. The van der Waals surface area contributed by atoms with Gasteiger partial charge in [0.05, 0.1) is 6.54 Å². The molecule has 1 aromatic carbocycles. The molecule has 0 aromatic heterocycles. The Morgan fingerprint density at radius 1 is 1.10 bits per heavy atom. The zero-order valence-electron chi connectivity index (χ0n) is 12.2. The van der Waals surface area contributed by atoms with Gasteiger partial charge in [0.1, 0.15) is 0 Å². The molecule has 4 nitrogen and oxygen atoms in total. The van der Waals surface area contributed by atoms with Crippen LogP contribution in [-0.4, -0.2) is 24.9 Å². The summed E-state index contributed by atoms with van der Waals surface area (Å²) >= 11 is 0. The summed E-state index contributed by atoms with van der Waals surface area (Å²) in [5, 5.41) is 5.65. The summed E-state index contributed by atoms with van der Waals surface area (Å²) in [6.45, 7) is 0.763. The van der Waals surface area contributed by atoms with E-state index in [9.17, 15) is 9.59 Å². The van der Waals surface area contributed by atoms with Crippen LogP contribution in [0.2, 0.25) is 0 Å². The Hall–Kier alpha value is -1.84. The second-order valence-corrected chi connectivity index (χ2v) is 6.08. The molecule has 1 aromatic rings. The van der Waals surface area contributed by atoms with Gasteiger partial charge < -0.3 is 10.6 Å². The quantitative estimate of drug-likeness (QED) is 0.866. The number of carbonyl (C=O) groups is 2. The van der Waals surface area contributed by atoms with Crippen molar-refractivity contribution in [1.82, 2.24) is 10.6 Å². The van der Waals surface area contributed by atoms with Crippen LogP contribution in [0.15, 0.2) is 24.3 Å². The lowest BCUT2D eigenvalue weighted by atomic mass is 9.83. The second kappa shape index (κ2) is 6.29. The summed E-state index contributed by atoms with van der Waals surface area (Å²) in [5.74, 6) is 0.487. The highest BCUT2D eigenvalue weighted by Gasteiger charge is 2.29. The highest BCUT2D eigenvalue weighted by molar-refractivity contribution is 5.86. The van der Waals surface area contributed by atoms with Gasteiger partial charge in [0.25, 0.3) is 0 Å². The van der Waals surface area contributed by atoms with E-state index < -0.39 is 0 Å². The fourth-order valence-corrected chi connectivity index (χ4v) is 3.02. The number of carbonyl (C=O) groups excluding carboxylic acids is 2. The van der Waals surface area contributed by atoms with E-state index in [4.69, 9.17) is 0 Å². The molecule has 0 saturated heterocycles. The average Bonchev–Trinajstić information content (AvgIpc) is 3.35. The summed E-state index contributed by atoms with van der Waals surface area (Å²) in [6, 6.07) is 8.49. The molecule has 0 bridgehead atoms. The molecule has 0 aliphatic heterocycles. The molecule has 2 N–H and O–H groups in total. The minimum atomic E-state index is -0.0907. The van der Waals surface area contributed by atoms with Gasteiger partial charge in [0, 0.05) is 18.4 Å². The molecule has 1 fully saturated rings. The minimum absolute atomic E-state index is 0.0214. The number of benzene rings is 1. The van der Waals surface area contributed by atoms with E-state index in [1.807, 2.05) is 0 Å². The summed E-state index contributed by atoms with van der Waals surface area (Å²) in [5.41, 5.74) is 2.77. The zero-order valence-corrected chi connectivity index (χ0v) is 12.2. The van der Waals surface area contributed by atoms with Crippen LogP contribution in [0.5, 0.6) is 0 Å². The maximum atomic E-state index is 11.8. The van der Waals surface area contributed by atoms with Crippen LogP contribution >= 0.6 is 0 Å². The average molecular weight is 286 g/mol. The third-order valence-electron chi connectivity index (χ3n) is 4.41. The Balaban J connectivity index is 1.46. The lowest BCUT2D eigenvalue weighted by Gasteiger charge is -2.25. The van der Waals surface area contributed by atoms with Crippen molar-refractivity contribution < 1.29 is 9.59 Å². The Kier molecular flexibility index (Phi) is 4.23. The number of nitrogens with one attached hydrogen (secondary N) is 2. The van der Waals surface area contributed by atoms with Crippen LogP contribution in [-0.2, 0) is 16.0 Å². The normalized spacial score (nSPS) is 20.5. The van der Waals surface area contributed by atoms with Crippen LogP contribution in [0.3, 0.4) is 0 Å². The number of rotatable bonds is 5. The highest BCUT2D eigenvalue weighted by Crippen LogP contribution is 2.30. The first-order chi connectivity index (χ1) is 10.2. The number of aryl methyl sites for hydroxylation is 1. The first kappa shape index (κ1) is 14.1. The monoisotopic (exact) mass is 286 g/mol. The minimum Gasteiger partial charge on any atom is -0.354 e. The van der Waals surface area contributed by atoms with Gasteiger partial charge in [-0.15, -0.1) is 0 Å². The molecule has 0 spiro atoms. The number of hydrogen-bond acceptors (Lipinski definition) is 2. The highest BCUT2D eigenvalue weighted by atomic mass is 16.2. The van der Waals surface area contributed by atoms with Crippen molar-refractivity contribution in [2.24, 2.45) is 5.92 Å². The zero-order chi connectivity index (χ0) is 14.7. The Bertz CT molecular complexity index is 537. The third kappa shape index (κ3) is 3.63. The van der Waals surface area contributed by atoms with Gasteiger partial charge in [-0.2, -0.15) is 0 Å². The number of hydrogen-bond donors (Lipinski definition) is 2. The fourth-order valence-electron chi connectivity index (χ4n) is 3.02. The molecule has 1 atom stereocenters. The predicted octanol–water partition coefficient (Wildman–Crippen LogP) is 1.75. The Morgan fingerprint density at radius 2 is 1.90 bits per heavy atom. The van der Waals surface area contributed by atoms with Gasteiger partial charge in [0.15, 0.2) is 0 Å². The predicted molar refractivity (Wildman–Crippen MR) is 80.9 cm³/mol. The summed E-state index contributed by atoms with van der Waals surface area (Å²) in [6.07, 6.45) is 5.36. The SMILES string of the molecule is O=C(CNC(=O)C1CC1)NC[C@H]1CCCc2ccccc21. The van der Waals surface area contributed by atoms with Gasteiger partial charge >= 0.3 is 0 Å². The summed E-state index contributed by atoms with van der Waals surface area (Å²) in [4.78, 5) is 23.3. The Labute approximate surface area is 125 Å². The molecule has 0 radical (unpaired) electrons. The molecular weight excluding hydrogens is 264 g/mol. The molecule has 2 aliphatic rings. The van der Waals surface area contributed by atoms with Crippen molar-refractivity contribution in [2.75, 3.05) is 13.1 Å². The van der Waals surface area contributed by atoms with Crippen molar-refractivity contribution in [3.8, 4) is 0 Å². The topological polar surface area (TPSA) is 58.2 Å². The van der Waals surface area contributed by atoms with Crippen LogP contribution in [0.25, 0.3) is 0 Å². The van der Waals surface area contributed by atoms with Gasteiger partial charge in [-0.1, -0.05) is 24.3 Å². The van der Waals surface area contributed by atoms with E-state index in [0.29, 0.717) is 12.5 Å². The molecule has 112 valence electrons. The van der Waals surface area contributed by atoms with Gasteiger partial charge in [-0.25, -0.2) is 0 Å². The van der Waals surface area contributed by atoms with Crippen molar-refractivity contribution in [3.05, 3.63) is 35.4 Å². The third-order valence-corrected chi connectivity index (χ3v) is 4.41. The second-order valence-electron chi connectivity index (χ2n) is 6.08. The standard InChI is InChI=1S/C17H22N2O2/c20-16(11-19-17(21)13-8-9-13)18-10-14-6-3-5-12-4-1-2-7-15(12)14/h1-2,4,7,13-14H,3,5-6,8-11H2,(H,18,20)(H,19,21)/t14-/m1/s1. The van der Waals surface area contributed by atoms with Gasteiger partial charge in [-0.05, 0) is 43.2 Å². The summed E-state index contributed by atoms with van der Waals surface area (Å²) in [7, 11) is 0. The van der Waals surface area contributed by atoms with Gasteiger partial charge in [-0.3, -0.25) is 9.59 Å². The molecule has 0 unspecified atom stereocenters. The van der Waals surface area contributed by atoms with E-state index in [1.165, 1.54) is 17.5 Å². The van der Waals surface area contributed by atoms with Crippen molar-refractivity contribution in [1.29, 1.82) is 0 Å². The van der Waals surface area contributed by atoms with Crippen molar-refractivity contribution in [2.45, 2.75) is 38.0 Å². The summed E-state index contributed by atoms with van der Waals surface area (Å²) < 4.78 is 0. The largest absolute Gasteiger partial charge is 0.354 e. The molecule has 4 heteroatoms. The molecule has 1 saturated carbocycles. The smallest absolute Gasteiger partial charge is 0.239 e. The van der Waals surface area contributed by atoms with E-state index in [1.54, 1.807) is 0 Å². The maximum absolute atomic E-state index is 11.8. The molecule has 2 amide bonds. The van der Waals surface area contributed by atoms with E-state index >= 15 is 0 Å². The number of fused-ring (bicyclic) bond motifs is 1. The van der Waals surface area contributed by atoms with Crippen LogP contribution in [0, 0.1) is 5.92 Å². The first-order valence-electron chi connectivity index (χ1n) is 7.86. The Morgan fingerprint density at radius 3 is 2.71 bits per heavy atom. The molecule has 0 heterocycles.